The van der Waals surface area contributed by atoms with Crippen LogP contribution in [0.1, 0.15) is 33.1 Å². The van der Waals surface area contributed by atoms with Crippen molar-refractivity contribution in [1.29, 1.82) is 0 Å². The van der Waals surface area contributed by atoms with Gasteiger partial charge in [-0.2, -0.15) is 0 Å². The molecule has 0 amide bonds. The minimum Gasteiger partial charge on any atom is -0.322 e. The van der Waals surface area contributed by atoms with Crippen LogP contribution in [0.3, 0.4) is 0 Å². The molecule has 0 saturated heterocycles. The lowest BCUT2D eigenvalue weighted by Gasteiger charge is -2.07. The van der Waals surface area contributed by atoms with Crippen LogP contribution in [0.2, 0.25) is 0 Å². The Kier molecular flexibility index (Phi) is 4.79. The molecule has 1 atom stereocenters. The molecule has 0 aliphatic rings. The van der Waals surface area contributed by atoms with Crippen LogP contribution in [-0.4, -0.2) is 11.8 Å². The van der Waals surface area contributed by atoms with Crippen LogP contribution in [0.4, 0.5) is 0 Å². The van der Waals surface area contributed by atoms with E-state index in [0.717, 1.165) is 18.4 Å². The predicted octanol–water partition coefficient (Wildman–Crippen LogP) is 1.65. The maximum Gasteiger partial charge on any atom is 0.153 e. The summed E-state index contributed by atoms with van der Waals surface area (Å²) in [4.78, 5) is 11.2. The third kappa shape index (κ3) is 3.94. The van der Waals surface area contributed by atoms with Gasteiger partial charge in [-0.05, 0) is 12.8 Å². The van der Waals surface area contributed by atoms with Crippen molar-refractivity contribution in [3.05, 3.63) is 12.2 Å². The zero-order valence-electron chi connectivity index (χ0n) is 7.39. The van der Waals surface area contributed by atoms with E-state index in [2.05, 4.69) is 6.58 Å². The van der Waals surface area contributed by atoms with E-state index >= 15 is 0 Å². The zero-order valence-corrected chi connectivity index (χ0v) is 7.39. The molecule has 2 N–H and O–H groups in total. The van der Waals surface area contributed by atoms with E-state index in [1.165, 1.54) is 0 Å². The average Bonchev–Trinajstić information content (AvgIpc) is 2.02. The number of carbonyl (C=O) groups excluding carboxylic acids is 1. The van der Waals surface area contributed by atoms with Crippen LogP contribution >= 0.6 is 0 Å². The first-order valence-electron chi connectivity index (χ1n) is 4.06. The van der Waals surface area contributed by atoms with Crippen molar-refractivity contribution < 1.29 is 4.79 Å². The lowest BCUT2D eigenvalue weighted by molar-refractivity contribution is -0.119. The number of Topliss-reactive ketones (excluding diaryl/α,β-unsaturated/α-hetero) is 1. The van der Waals surface area contributed by atoms with E-state index in [9.17, 15) is 4.79 Å². The number of rotatable bonds is 5. The number of ketones is 1. The molecule has 0 rings (SSSR count). The van der Waals surface area contributed by atoms with Gasteiger partial charge in [0.2, 0.25) is 0 Å². The molecule has 0 aliphatic heterocycles. The lowest BCUT2D eigenvalue weighted by atomic mass is 10.0. The van der Waals surface area contributed by atoms with Crippen molar-refractivity contribution in [2.24, 2.45) is 5.73 Å². The van der Waals surface area contributed by atoms with E-state index in [1.807, 2.05) is 13.8 Å². The first-order chi connectivity index (χ1) is 5.11. The lowest BCUT2D eigenvalue weighted by Crippen LogP contribution is -2.29. The monoisotopic (exact) mass is 155 g/mol. The molecule has 64 valence electrons. The summed E-state index contributed by atoms with van der Waals surface area (Å²) in [6.07, 6.45) is 2.03. The second kappa shape index (κ2) is 5.08. The van der Waals surface area contributed by atoms with Crippen molar-refractivity contribution in [1.82, 2.24) is 0 Å². The topological polar surface area (TPSA) is 43.1 Å². The van der Waals surface area contributed by atoms with Crippen molar-refractivity contribution >= 4 is 5.78 Å². The van der Waals surface area contributed by atoms with Gasteiger partial charge in [0.15, 0.2) is 5.78 Å². The quantitative estimate of drug-likeness (QED) is 0.613. The molecule has 1 unspecified atom stereocenters. The van der Waals surface area contributed by atoms with E-state index in [4.69, 9.17) is 5.73 Å². The van der Waals surface area contributed by atoms with Gasteiger partial charge in [-0.1, -0.05) is 26.0 Å². The van der Waals surface area contributed by atoms with E-state index < -0.39 is 0 Å². The van der Waals surface area contributed by atoms with Gasteiger partial charge < -0.3 is 5.73 Å². The Balaban J connectivity index is 3.77. The standard InChI is InChI=1S/C9H17NO/c1-4-7(3)6-9(11)8(10)5-2/h8H,3-6,10H2,1-2H3. The fraction of sp³-hybridized carbons (Fsp3) is 0.667. The molecule has 2 nitrogen and oxygen atoms in total. The van der Waals surface area contributed by atoms with Crippen LogP contribution in [-0.2, 0) is 4.79 Å². The Morgan fingerprint density at radius 3 is 2.45 bits per heavy atom. The number of hydrogen-bond acceptors (Lipinski definition) is 2. The van der Waals surface area contributed by atoms with Crippen molar-refractivity contribution in [2.75, 3.05) is 0 Å². The largest absolute Gasteiger partial charge is 0.322 e. The first-order valence-corrected chi connectivity index (χ1v) is 4.06. The molecule has 11 heavy (non-hydrogen) atoms. The molecule has 2 heteroatoms. The summed E-state index contributed by atoms with van der Waals surface area (Å²) in [5, 5.41) is 0. The van der Waals surface area contributed by atoms with Crippen LogP contribution in [0, 0.1) is 0 Å². The summed E-state index contributed by atoms with van der Waals surface area (Å²) in [5.74, 6) is 0.111. The second-order valence-corrected chi connectivity index (χ2v) is 2.76. The number of nitrogens with two attached hydrogens (primary N) is 1. The number of allylic oxidation sites excluding steroid dienone is 1. The first kappa shape index (κ1) is 10.4. The van der Waals surface area contributed by atoms with Crippen LogP contribution in [0.5, 0.6) is 0 Å². The summed E-state index contributed by atoms with van der Waals surface area (Å²) in [6, 6.07) is -0.293. The molecule has 0 bridgehead atoms. The second-order valence-electron chi connectivity index (χ2n) is 2.76. The number of carbonyl (C=O) groups is 1. The average molecular weight is 155 g/mol. The minimum absolute atomic E-state index is 0.111. The molecule has 0 heterocycles. The van der Waals surface area contributed by atoms with Crippen molar-refractivity contribution in [3.8, 4) is 0 Å². The molecule has 0 aromatic rings. The summed E-state index contributed by atoms with van der Waals surface area (Å²) < 4.78 is 0. The van der Waals surface area contributed by atoms with Crippen molar-refractivity contribution in [2.45, 2.75) is 39.2 Å². The Bertz CT molecular complexity index is 152. The van der Waals surface area contributed by atoms with Crippen LogP contribution in [0.15, 0.2) is 12.2 Å². The molecule has 0 radical (unpaired) electrons. The van der Waals surface area contributed by atoms with Gasteiger partial charge in [0.05, 0.1) is 6.04 Å². The number of hydrogen-bond donors (Lipinski definition) is 1. The van der Waals surface area contributed by atoms with Crippen LogP contribution in [0.25, 0.3) is 0 Å². The van der Waals surface area contributed by atoms with Gasteiger partial charge in [-0.15, -0.1) is 0 Å². The van der Waals surface area contributed by atoms with E-state index in [0.29, 0.717) is 6.42 Å². The summed E-state index contributed by atoms with van der Waals surface area (Å²) in [6.45, 7) is 7.66. The summed E-state index contributed by atoms with van der Waals surface area (Å²) >= 11 is 0. The van der Waals surface area contributed by atoms with Gasteiger partial charge in [0, 0.05) is 6.42 Å². The van der Waals surface area contributed by atoms with Crippen LogP contribution < -0.4 is 5.73 Å². The molecule has 0 saturated carbocycles. The molecule has 0 aromatic carbocycles. The van der Waals surface area contributed by atoms with Gasteiger partial charge in [-0.3, -0.25) is 4.79 Å². The molecule has 0 aliphatic carbocycles. The smallest absolute Gasteiger partial charge is 0.153 e. The van der Waals surface area contributed by atoms with Crippen molar-refractivity contribution in [3.63, 3.8) is 0 Å². The minimum atomic E-state index is -0.293. The fourth-order valence-electron chi connectivity index (χ4n) is 0.730. The third-order valence-corrected chi connectivity index (χ3v) is 1.78. The van der Waals surface area contributed by atoms with Gasteiger partial charge in [0.1, 0.15) is 0 Å². The zero-order chi connectivity index (χ0) is 8.85. The highest BCUT2D eigenvalue weighted by Gasteiger charge is 2.10. The van der Waals surface area contributed by atoms with Gasteiger partial charge in [-0.25, -0.2) is 0 Å². The molecule has 0 spiro atoms. The SMILES string of the molecule is C=C(CC)CC(=O)C(N)CC. The Hall–Kier alpha value is -0.630. The summed E-state index contributed by atoms with van der Waals surface area (Å²) in [7, 11) is 0. The maximum atomic E-state index is 11.2. The highest BCUT2D eigenvalue weighted by Crippen LogP contribution is 2.05. The normalized spacial score (nSPS) is 12.6. The molecule has 0 aromatic heterocycles. The third-order valence-electron chi connectivity index (χ3n) is 1.78. The van der Waals surface area contributed by atoms with Gasteiger partial charge in [0.25, 0.3) is 0 Å². The Morgan fingerprint density at radius 2 is 2.09 bits per heavy atom. The fourth-order valence-corrected chi connectivity index (χ4v) is 0.730. The summed E-state index contributed by atoms with van der Waals surface area (Å²) in [5.41, 5.74) is 6.50. The Labute approximate surface area is 68.5 Å². The molecular weight excluding hydrogens is 138 g/mol. The Morgan fingerprint density at radius 1 is 1.55 bits per heavy atom. The van der Waals surface area contributed by atoms with E-state index in [-0.39, 0.29) is 11.8 Å². The molecule has 0 fully saturated rings. The molecular formula is C9H17NO. The van der Waals surface area contributed by atoms with E-state index in [1.54, 1.807) is 0 Å². The highest BCUT2D eigenvalue weighted by atomic mass is 16.1. The highest BCUT2D eigenvalue weighted by molar-refractivity contribution is 5.85. The predicted molar refractivity (Wildman–Crippen MR) is 47.3 cm³/mol. The maximum absolute atomic E-state index is 11.2. The van der Waals surface area contributed by atoms with Gasteiger partial charge >= 0.3 is 0 Å².